The molecule has 35 heavy (non-hydrogen) atoms. The molecule has 174 valence electrons. The van der Waals surface area contributed by atoms with Crippen LogP contribution < -0.4 is 4.90 Å². The highest BCUT2D eigenvalue weighted by Gasteiger charge is 2.25. The van der Waals surface area contributed by atoms with Crippen LogP contribution in [-0.4, -0.2) is 56.2 Å². The van der Waals surface area contributed by atoms with Crippen molar-refractivity contribution in [1.82, 2.24) is 24.1 Å². The maximum absolute atomic E-state index is 13.5. The number of hydrogen-bond acceptors (Lipinski definition) is 4. The molecule has 0 aliphatic carbocycles. The van der Waals surface area contributed by atoms with Gasteiger partial charge in [-0.15, -0.1) is 0 Å². The molecule has 1 aromatic carbocycles. The summed E-state index contributed by atoms with van der Waals surface area (Å²) in [5, 5.41) is 4.48. The summed E-state index contributed by atoms with van der Waals surface area (Å²) in [5.74, 6) is 0.465. The van der Waals surface area contributed by atoms with E-state index in [0.717, 1.165) is 41.2 Å². The van der Waals surface area contributed by atoms with E-state index in [9.17, 15) is 9.18 Å². The minimum atomic E-state index is -0.266. The first kappa shape index (κ1) is 21.1. The number of amides is 1. The van der Waals surface area contributed by atoms with Gasteiger partial charge in [0, 0.05) is 56.0 Å². The lowest BCUT2D eigenvalue weighted by Gasteiger charge is -2.36. The number of halogens is 1. The standard InChI is InChI=1S/C27H23FN6O/c28-22-4-1-20(2-5-22)21-3-6-24-7-8-26(33(24)19-21)34-25(11-14-30-34)27(35)32-17-15-31(16-18-32)23-9-12-29-13-10-23/h1-14,19H,15-18H2. The van der Waals surface area contributed by atoms with Gasteiger partial charge >= 0.3 is 0 Å². The summed E-state index contributed by atoms with van der Waals surface area (Å²) in [4.78, 5) is 21.7. The molecule has 4 aromatic heterocycles. The molecule has 6 rings (SSSR count). The highest BCUT2D eigenvalue weighted by molar-refractivity contribution is 5.93. The van der Waals surface area contributed by atoms with Gasteiger partial charge in [-0.25, -0.2) is 9.07 Å². The Morgan fingerprint density at radius 2 is 1.49 bits per heavy atom. The highest BCUT2D eigenvalue weighted by Crippen LogP contribution is 2.24. The topological polar surface area (TPSA) is 58.7 Å². The van der Waals surface area contributed by atoms with E-state index in [2.05, 4.69) is 15.0 Å². The number of nitrogens with zero attached hydrogens (tertiary/aromatic N) is 6. The molecule has 7 nitrogen and oxygen atoms in total. The molecule has 0 bridgehead atoms. The lowest BCUT2D eigenvalue weighted by molar-refractivity contribution is 0.0737. The van der Waals surface area contributed by atoms with Crippen molar-refractivity contribution in [3.63, 3.8) is 0 Å². The van der Waals surface area contributed by atoms with Crippen molar-refractivity contribution < 1.29 is 9.18 Å². The van der Waals surface area contributed by atoms with Crippen molar-refractivity contribution in [2.24, 2.45) is 0 Å². The Labute approximate surface area is 201 Å². The van der Waals surface area contributed by atoms with Crippen LogP contribution in [0.4, 0.5) is 10.1 Å². The molecule has 0 unspecified atom stereocenters. The molecule has 5 aromatic rings. The van der Waals surface area contributed by atoms with E-state index in [1.54, 1.807) is 41.5 Å². The van der Waals surface area contributed by atoms with Gasteiger partial charge in [-0.05, 0) is 59.7 Å². The summed E-state index contributed by atoms with van der Waals surface area (Å²) >= 11 is 0. The van der Waals surface area contributed by atoms with E-state index < -0.39 is 0 Å². The summed E-state index contributed by atoms with van der Waals surface area (Å²) in [6.07, 6.45) is 7.22. The minimum absolute atomic E-state index is 0.0403. The van der Waals surface area contributed by atoms with Gasteiger partial charge in [-0.3, -0.25) is 9.78 Å². The van der Waals surface area contributed by atoms with Crippen LogP contribution in [0.25, 0.3) is 22.5 Å². The predicted octanol–water partition coefficient (Wildman–Crippen LogP) is 4.29. The molecule has 0 saturated carbocycles. The molecule has 1 aliphatic rings. The average Bonchev–Trinajstić information content (AvgIpc) is 3.56. The van der Waals surface area contributed by atoms with Gasteiger partial charge in [-0.1, -0.05) is 18.2 Å². The zero-order valence-electron chi connectivity index (χ0n) is 19.0. The van der Waals surface area contributed by atoms with E-state index in [4.69, 9.17) is 0 Å². The third-order valence-electron chi connectivity index (χ3n) is 6.48. The Balaban J connectivity index is 1.27. The normalized spacial score (nSPS) is 14.0. The van der Waals surface area contributed by atoms with Crippen LogP contribution in [0.5, 0.6) is 0 Å². The maximum atomic E-state index is 13.5. The molecule has 1 saturated heterocycles. The third kappa shape index (κ3) is 3.93. The number of carbonyl (C=O) groups excluding carboxylic acids is 1. The quantitative estimate of drug-likeness (QED) is 0.397. The highest BCUT2D eigenvalue weighted by atomic mass is 19.1. The second-order valence-electron chi connectivity index (χ2n) is 8.52. The zero-order valence-corrected chi connectivity index (χ0v) is 19.0. The van der Waals surface area contributed by atoms with Gasteiger partial charge in [0.2, 0.25) is 0 Å². The Kier molecular flexibility index (Phi) is 5.25. The number of benzene rings is 1. The van der Waals surface area contributed by atoms with Gasteiger partial charge in [0.05, 0.1) is 6.20 Å². The van der Waals surface area contributed by atoms with Gasteiger partial charge in [0.25, 0.3) is 5.91 Å². The SMILES string of the molecule is O=C(c1ccnn1-c1ccc2ccc(-c3ccc(F)cc3)cn12)N1CCN(c2ccncc2)CC1. The van der Waals surface area contributed by atoms with Crippen molar-refractivity contribution in [1.29, 1.82) is 0 Å². The Bertz CT molecular complexity index is 1480. The Morgan fingerprint density at radius 3 is 2.26 bits per heavy atom. The fraction of sp³-hybridized carbons (Fsp3) is 0.148. The van der Waals surface area contributed by atoms with Crippen LogP contribution in [0.1, 0.15) is 10.5 Å². The van der Waals surface area contributed by atoms with E-state index in [-0.39, 0.29) is 11.7 Å². The first-order chi connectivity index (χ1) is 17.2. The van der Waals surface area contributed by atoms with Crippen molar-refractivity contribution in [3.8, 4) is 16.9 Å². The van der Waals surface area contributed by atoms with Crippen LogP contribution in [0.2, 0.25) is 0 Å². The number of rotatable bonds is 4. The average molecular weight is 467 g/mol. The predicted molar refractivity (Wildman–Crippen MR) is 132 cm³/mol. The molecule has 1 amide bonds. The van der Waals surface area contributed by atoms with Crippen LogP contribution >= 0.6 is 0 Å². The minimum Gasteiger partial charge on any atom is -0.368 e. The monoisotopic (exact) mass is 466 g/mol. The van der Waals surface area contributed by atoms with Crippen LogP contribution in [0.3, 0.4) is 0 Å². The Morgan fingerprint density at radius 1 is 0.771 bits per heavy atom. The third-order valence-corrected chi connectivity index (χ3v) is 6.48. The second-order valence-corrected chi connectivity index (χ2v) is 8.52. The molecule has 0 N–H and O–H groups in total. The fourth-order valence-corrected chi connectivity index (χ4v) is 4.60. The van der Waals surface area contributed by atoms with Crippen molar-refractivity contribution >= 4 is 17.1 Å². The lowest BCUT2D eigenvalue weighted by atomic mass is 10.1. The number of anilines is 1. The van der Waals surface area contributed by atoms with Gasteiger partial charge in [0.1, 0.15) is 17.3 Å². The van der Waals surface area contributed by atoms with Gasteiger partial charge in [0.15, 0.2) is 0 Å². The summed E-state index contributed by atoms with van der Waals surface area (Å²) < 4.78 is 17.1. The zero-order chi connectivity index (χ0) is 23.8. The molecular weight excluding hydrogens is 443 g/mol. The molecule has 0 spiro atoms. The molecule has 0 atom stereocenters. The van der Waals surface area contributed by atoms with E-state index in [1.807, 2.05) is 51.9 Å². The second kappa shape index (κ2) is 8.72. The molecule has 1 aliphatic heterocycles. The summed E-state index contributed by atoms with van der Waals surface area (Å²) in [5.41, 5.74) is 4.48. The fourth-order valence-electron chi connectivity index (χ4n) is 4.60. The van der Waals surface area contributed by atoms with Gasteiger partial charge in [-0.2, -0.15) is 5.10 Å². The number of aromatic nitrogens is 4. The molecule has 1 fully saturated rings. The maximum Gasteiger partial charge on any atom is 0.272 e. The summed E-state index contributed by atoms with van der Waals surface area (Å²) in [7, 11) is 0. The summed E-state index contributed by atoms with van der Waals surface area (Å²) in [6, 6.07) is 20.1. The lowest BCUT2D eigenvalue weighted by Crippen LogP contribution is -2.49. The smallest absolute Gasteiger partial charge is 0.272 e. The molecule has 8 heteroatoms. The summed E-state index contributed by atoms with van der Waals surface area (Å²) in [6.45, 7) is 2.80. The van der Waals surface area contributed by atoms with E-state index in [0.29, 0.717) is 18.8 Å². The number of fused-ring (bicyclic) bond motifs is 1. The van der Waals surface area contributed by atoms with Crippen molar-refractivity contribution in [3.05, 3.63) is 103 Å². The number of piperazine rings is 1. The first-order valence-corrected chi connectivity index (χ1v) is 11.5. The van der Waals surface area contributed by atoms with E-state index >= 15 is 0 Å². The Hall–Kier alpha value is -4.46. The van der Waals surface area contributed by atoms with Crippen molar-refractivity contribution in [2.75, 3.05) is 31.1 Å². The van der Waals surface area contributed by atoms with Crippen LogP contribution in [0, 0.1) is 5.82 Å². The van der Waals surface area contributed by atoms with E-state index in [1.165, 1.54) is 12.1 Å². The van der Waals surface area contributed by atoms with Gasteiger partial charge < -0.3 is 14.2 Å². The van der Waals surface area contributed by atoms with Crippen molar-refractivity contribution in [2.45, 2.75) is 0 Å². The van der Waals surface area contributed by atoms with Crippen LogP contribution in [-0.2, 0) is 0 Å². The molecular formula is C27H23FN6O. The largest absolute Gasteiger partial charge is 0.368 e. The number of carbonyl (C=O) groups is 1. The molecule has 5 heterocycles. The van der Waals surface area contributed by atoms with Crippen LogP contribution in [0.15, 0.2) is 91.5 Å². The first-order valence-electron chi connectivity index (χ1n) is 11.5. The molecule has 0 radical (unpaired) electrons. The number of hydrogen-bond donors (Lipinski definition) is 0. The number of pyridine rings is 2.